The van der Waals surface area contributed by atoms with Crippen LogP contribution in [0.5, 0.6) is 11.5 Å². The van der Waals surface area contributed by atoms with Gasteiger partial charge in [0.15, 0.2) is 17.4 Å². The molecule has 0 N–H and O–H groups in total. The predicted octanol–water partition coefficient (Wildman–Crippen LogP) is 9.72. The summed E-state index contributed by atoms with van der Waals surface area (Å²) in [5, 5.41) is -0.108. The van der Waals surface area contributed by atoms with E-state index in [9.17, 15) is 27.2 Å². The largest absolute Gasteiger partial charge is 0.487 e. The first kappa shape index (κ1) is 33.9. The van der Waals surface area contributed by atoms with Gasteiger partial charge in [-0.15, -0.1) is 0 Å². The lowest BCUT2D eigenvalue weighted by Gasteiger charge is -2.13. The van der Waals surface area contributed by atoms with Crippen LogP contribution in [0.25, 0.3) is 11.1 Å². The molecular weight excluding hydrogens is 588 g/mol. The molecule has 0 aliphatic heterocycles. The van der Waals surface area contributed by atoms with Crippen LogP contribution in [0.4, 0.5) is 17.6 Å². The van der Waals surface area contributed by atoms with Crippen molar-refractivity contribution >= 4 is 23.5 Å². The van der Waals surface area contributed by atoms with Crippen LogP contribution >= 0.6 is 11.6 Å². The van der Waals surface area contributed by atoms with Crippen LogP contribution in [-0.4, -0.2) is 25.2 Å². The van der Waals surface area contributed by atoms with Gasteiger partial charge in [0.2, 0.25) is 11.6 Å². The lowest BCUT2D eigenvalue weighted by atomic mass is 10.0. The van der Waals surface area contributed by atoms with Gasteiger partial charge in [0.1, 0.15) is 11.3 Å². The summed E-state index contributed by atoms with van der Waals surface area (Å²) < 4.78 is 73.9. The van der Waals surface area contributed by atoms with Gasteiger partial charge in [0.05, 0.1) is 23.8 Å². The summed E-state index contributed by atoms with van der Waals surface area (Å²) in [7, 11) is 0. The van der Waals surface area contributed by atoms with Crippen molar-refractivity contribution in [2.75, 3.05) is 13.2 Å². The average molecular weight is 623 g/mol. The topological polar surface area (TPSA) is 61.8 Å². The Hall–Kier alpha value is -3.59. The molecule has 0 amide bonds. The molecule has 0 fully saturated rings. The number of unbranched alkanes of at least 4 members (excludes halogenated alkanes) is 5. The van der Waals surface area contributed by atoms with Crippen molar-refractivity contribution in [3.05, 3.63) is 81.9 Å². The van der Waals surface area contributed by atoms with E-state index in [2.05, 4.69) is 6.92 Å². The second-order valence-electron chi connectivity index (χ2n) is 10.3. The Balaban J connectivity index is 1.69. The van der Waals surface area contributed by atoms with Gasteiger partial charge in [-0.2, -0.15) is 8.78 Å². The Bertz CT molecular complexity index is 1380. The zero-order valence-electron chi connectivity index (χ0n) is 24.4. The fourth-order valence-corrected chi connectivity index (χ4v) is 4.33. The van der Waals surface area contributed by atoms with E-state index in [-0.39, 0.29) is 23.3 Å². The molecule has 1 unspecified atom stereocenters. The second-order valence-corrected chi connectivity index (χ2v) is 10.7. The molecule has 43 heavy (non-hydrogen) atoms. The first-order valence-electron chi connectivity index (χ1n) is 14.4. The van der Waals surface area contributed by atoms with E-state index >= 15 is 0 Å². The lowest BCUT2D eigenvalue weighted by Crippen LogP contribution is -2.17. The van der Waals surface area contributed by atoms with Gasteiger partial charge in [-0.25, -0.2) is 18.4 Å². The molecule has 3 aromatic carbocycles. The Morgan fingerprint density at radius 3 is 2.00 bits per heavy atom. The van der Waals surface area contributed by atoms with Crippen LogP contribution in [-0.2, 0) is 4.74 Å². The molecule has 3 aromatic rings. The zero-order chi connectivity index (χ0) is 31.5. The third-order valence-corrected chi connectivity index (χ3v) is 7.25. The number of rotatable bonds is 15. The van der Waals surface area contributed by atoms with Crippen LogP contribution in [0.3, 0.4) is 0 Å². The first-order chi connectivity index (χ1) is 20.6. The third-order valence-electron chi connectivity index (χ3n) is 6.96. The standard InChI is InChI=1S/C33H35ClF4O5/c1-4-6-7-8-9-10-17-41-31-29(37)27(35)26(28(36)30(31)38)33(40)43-25-16-15-23(18-24(25)34)21-11-13-22(14-12-21)32(39)42-19-20(3)5-2/h11-16,18,20H,4-10,17,19H2,1-3H3. The van der Waals surface area contributed by atoms with Gasteiger partial charge in [0.25, 0.3) is 0 Å². The molecule has 0 saturated carbocycles. The number of carbonyl (C=O) groups is 2. The fourth-order valence-electron chi connectivity index (χ4n) is 4.11. The molecule has 1 atom stereocenters. The van der Waals surface area contributed by atoms with Crippen LogP contribution < -0.4 is 9.47 Å². The smallest absolute Gasteiger partial charge is 0.349 e. The highest BCUT2D eigenvalue weighted by molar-refractivity contribution is 6.32. The predicted molar refractivity (Wildman–Crippen MR) is 157 cm³/mol. The van der Waals surface area contributed by atoms with Gasteiger partial charge < -0.3 is 14.2 Å². The van der Waals surface area contributed by atoms with Crippen molar-refractivity contribution in [2.24, 2.45) is 5.92 Å². The Kier molecular flexibility index (Phi) is 12.9. The maximum Gasteiger partial charge on any atom is 0.349 e. The van der Waals surface area contributed by atoms with Crippen molar-refractivity contribution in [1.82, 2.24) is 0 Å². The number of esters is 2. The molecule has 0 aliphatic rings. The highest BCUT2D eigenvalue weighted by Crippen LogP contribution is 2.34. The Morgan fingerprint density at radius 1 is 0.791 bits per heavy atom. The van der Waals surface area contributed by atoms with Gasteiger partial charge in [0, 0.05) is 0 Å². The maximum absolute atomic E-state index is 14.7. The highest BCUT2D eigenvalue weighted by Gasteiger charge is 2.32. The number of ether oxygens (including phenoxy) is 3. The molecule has 0 saturated heterocycles. The SMILES string of the molecule is CCCCCCCCOc1c(F)c(F)c(C(=O)Oc2ccc(-c3ccc(C(=O)OCC(C)CC)cc3)cc2Cl)c(F)c1F. The normalized spacial score (nSPS) is 11.7. The van der Waals surface area contributed by atoms with Crippen LogP contribution in [0, 0.1) is 29.2 Å². The third kappa shape index (κ3) is 8.95. The fraction of sp³-hybridized carbons (Fsp3) is 0.394. The molecule has 0 bridgehead atoms. The van der Waals surface area contributed by atoms with Crippen molar-refractivity contribution < 1.29 is 41.4 Å². The van der Waals surface area contributed by atoms with Crippen LogP contribution in [0.15, 0.2) is 42.5 Å². The summed E-state index contributed by atoms with van der Waals surface area (Å²) in [6.45, 7) is 6.23. The molecule has 0 aromatic heterocycles. The monoisotopic (exact) mass is 622 g/mol. The van der Waals surface area contributed by atoms with E-state index in [1.54, 1.807) is 24.3 Å². The van der Waals surface area contributed by atoms with Crippen LogP contribution in [0.1, 0.15) is 86.4 Å². The van der Waals surface area contributed by atoms with E-state index in [0.717, 1.165) is 38.5 Å². The number of hydrogen-bond acceptors (Lipinski definition) is 5. The van der Waals surface area contributed by atoms with Crippen molar-refractivity contribution in [3.63, 3.8) is 0 Å². The maximum atomic E-state index is 14.7. The summed E-state index contributed by atoms with van der Waals surface area (Å²) in [6, 6.07) is 10.7. The summed E-state index contributed by atoms with van der Waals surface area (Å²) in [5.74, 6) is -10.9. The number of benzene rings is 3. The Labute approximate surface area is 254 Å². The van der Waals surface area contributed by atoms with Gasteiger partial charge in [-0.1, -0.05) is 89.1 Å². The van der Waals surface area contributed by atoms with E-state index in [4.69, 9.17) is 25.8 Å². The minimum absolute atomic E-state index is 0.108. The second kappa shape index (κ2) is 16.3. The minimum Gasteiger partial charge on any atom is -0.487 e. The van der Waals surface area contributed by atoms with Gasteiger partial charge in [-0.3, -0.25) is 0 Å². The van der Waals surface area contributed by atoms with Gasteiger partial charge in [-0.05, 0) is 47.7 Å². The quantitative estimate of drug-likeness (QED) is 0.0555. The van der Waals surface area contributed by atoms with Crippen LogP contribution in [0.2, 0.25) is 5.02 Å². The number of carbonyl (C=O) groups excluding carboxylic acids is 2. The van der Waals surface area contributed by atoms with E-state index in [1.807, 2.05) is 13.8 Å². The number of hydrogen-bond donors (Lipinski definition) is 0. The van der Waals surface area contributed by atoms with E-state index in [1.165, 1.54) is 18.2 Å². The number of halogens is 5. The molecule has 0 aliphatic carbocycles. The zero-order valence-corrected chi connectivity index (χ0v) is 25.2. The molecular formula is C33H35ClF4O5. The average Bonchev–Trinajstić information content (AvgIpc) is 3.00. The van der Waals surface area contributed by atoms with E-state index in [0.29, 0.717) is 29.7 Å². The highest BCUT2D eigenvalue weighted by atomic mass is 35.5. The molecule has 10 heteroatoms. The van der Waals surface area contributed by atoms with Gasteiger partial charge >= 0.3 is 11.9 Å². The molecule has 0 heterocycles. The van der Waals surface area contributed by atoms with Crippen molar-refractivity contribution in [3.8, 4) is 22.6 Å². The minimum atomic E-state index is -1.93. The summed E-state index contributed by atoms with van der Waals surface area (Å²) in [5.41, 5.74) is 0.0607. The van der Waals surface area contributed by atoms with Crippen molar-refractivity contribution in [1.29, 1.82) is 0 Å². The molecule has 232 valence electrons. The molecule has 0 spiro atoms. The van der Waals surface area contributed by atoms with Crippen molar-refractivity contribution in [2.45, 2.75) is 65.7 Å². The Morgan fingerprint density at radius 2 is 1.40 bits per heavy atom. The lowest BCUT2D eigenvalue weighted by molar-refractivity contribution is 0.0447. The summed E-state index contributed by atoms with van der Waals surface area (Å²) in [6.07, 6.45) is 6.10. The van der Waals surface area contributed by atoms with E-state index < -0.39 is 46.5 Å². The first-order valence-corrected chi connectivity index (χ1v) is 14.7. The molecule has 0 radical (unpaired) electrons. The summed E-state index contributed by atoms with van der Waals surface area (Å²) >= 11 is 6.25. The molecule has 3 rings (SSSR count). The molecule has 5 nitrogen and oxygen atoms in total. The summed E-state index contributed by atoms with van der Waals surface area (Å²) in [4.78, 5) is 24.8.